The van der Waals surface area contributed by atoms with E-state index in [1.165, 1.54) is 24.0 Å². The van der Waals surface area contributed by atoms with Crippen molar-refractivity contribution in [1.29, 1.82) is 0 Å². The van der Waals surface area contributed by atoms with E-state index < -0.39 is 0 Å². The zero-order valence-corrected chi connectivity index (χ0v) is 16.4. The third kappa shape index (κ3) is 4.30. The molecule has 148 valence electrons. The highest BCUT2D eigenvalue weighted by atomic mass is 16.5. The fourth-order valence-electron chi connectivity index (χ4n) is 4.15. The summed E-state index contributed by atoms with van der Waals surface area (Å²) in [5.74, 6) is 1.88. The number of amides is 1. The molecule has 4 rings (SSSR count). The van der Waals surface area contributed by atoms with Crippen LogP contribution in [0.5, 0.6) is 11.5 Å². The first kappa shape index (κ1) is 18.8. The predicted octanol–water partition coefficient (Wildman–Crippen LogP) is 3.13. The number of nitrogens with one attached hydrogen (secondary N) is 1. The van der Waals surface area contributed by atoms with Gasteiger partial charge in [-0.1, -0.05) is 24.3 Å². The molecule has 0 aromatic heterocycles. The number of benzene rings is 2. The molecule has 2 heterocycles. The van der Waals surface area contributed by atoms with E-state index in [0.29, 0.717) is 13.0 Å². The summed E-state index contributed by atoms with van der Waals surface area (Å²) in [5, 5.41) is 3.16. The van der Waals surface area contributed by atoms with E-state index >= 15 is 0 Å². The second kappa shape index (κ2) is 8.65. The molecule has 2 aliphatic heterocycles. The van der Waals surface area contributed by atoms with Gasteiger partial charge in [-0.25, -0.2) is 0 Å². The smallest absolute Gasteiger partial charge is 0.224 e. The van der Waals surface area contributed by atoms with Crippen molar-refractivity contribution in [2.24, 2.45) is 0 Å². The minimum atomic E-state index is 0.0663. The zero-order chi connectivity index (χ0) is 19.3. The second-order valence-corrected chi connectivity index (χ2v) is 7.55. The molecule has 1 saturated heterocycles. The van der Waals surface area contributed by atoms with Crippen molar-refractivity contribution in [3.05, 3.63) is 59.2 Å². The first-order valence-electron chi connectivity index (χ1n) is 10.1. The SMILES string of the molecule is COc1ccc(C(CNC(=O)Cc2ccc3c(c2)CCO3)N2CCCC2)cc1. The highest BCUT2D eigenvalue weighted by Gasteiger charge is 2.24. The molecule has 1 unspecified atom stereocenters. The standard InChI is InChI=1S/C23H28N2O3/c1-27-20-7-5-18(6-8-20)21(25-11-2-3-12-25)16-24-23(26)15-17-4-9-22-19(14-17)10-13-28-22/h4-9,14,21H,2-3,10-13,15-16H2,1H3,(H,24,26). The minimum absolute atomic E-state index is 0.0663. The van der Waals surface area contributed by atoms with Gasteiger partial charge in [0.15, 0.2) is 0 Å². The molecule has 0 aliphatic carbocycles. The van der Waals surface area contributed by atoms with Crippen LogP contribution in [0, 0.1) is 0 Å². The molecule has 0 saturated carbocycles. The number of carbonyl (C=O) groups is 1. The molecule has 2 aromatic carbocycles. The van der Waals surface area contributed by atoms with Gasteiger partial charge in [-0.05, 0) is 60.8 Å². The third-order valence-electron chi connectivity index (χ3n) is 5.69. The molecule has 5 nitrogen and oxygen atoms in total. The van der Waals surface area contributed by atoms with Gasteiger partial charge in [0.2, 0.25) is 5.91 Å². The highest BCUT2D eigenvalue weighted by Crippen LogP contribution is 2.27. The number of likely N-dealkylation sites (tertiary alicyclic amines) is 1. The van der Waals surface area contributed by atoms with E-state index in [2.05, 4.69) is 28.4 Å². The fraction of sp³-hybridized carbons (Fsp3) is 0.435. The normalized spacial score (nSPS) is 17.0. The van der Waals surface area contributed by atoms with Crippen LogP contribution in [0.2, 0.25) is 0 Å². The van der Waals surface area contributed by atoms with Crippen molar-refractivity contribution in [3.8, 4) is 11.5 Å². The van der Waals surface area contributed by atoms with Gasteiger partial charge in [0.1, 0.15) is 11.5 Å². The summed E-state index contributed by atoms with van der Waals surface area (Å²) in [5.41, 5.74) is 3.47. The van der Waals surface area contributed by atoms with Crippen LogP contribution in [0.25, 0.3) is 0 Å². The van der Waals surface area contributed by atoms with Crippen LogP contribution in [-0.4, -0.2) is 44.2 Å². The largest absolute Gasteiger partial charge is 0.497 e. The minimum Gasteiger partial charge on any atom is -0.497 e. The van der Waals surface area contributed by atoms with Crippen LogP contribution in [-0.2, 0) is 17.6 Å². The van der Waals surface area contributed by atoms with Gasteiger partial charge in [0.05, 0.1) is 26.2 Å². The van der Waals surface area contributed by atoms with Crippen molar-refractivity contribution < 1.29 is 14.3 Å². The Morgan fingerprint density at radius 3 is 2.71 bits per heavy atom. The number of hydrogen-bond acceptors (Lipinski definition) is 4. The lowest BCUT2D eigenvalue weighted by Crippen LogP contribution is -2.37. The number of carbonyl (C=O) groups excluding carboxylic acids is 1. The topological polar surface area (TPSA) is 50.8 Å². The first-order valence-corrected chi connectivity index (χ1v) is 10.1. The summed E-state index contributed by atoms with van der Waals surface area (Å²) in [6.07, 6.45) is 3.78. The number of methoxy groups -OCH3 is 1. The lowest BCUT2D eigenvalue weighted by molar-refractivity contribution is -0.120. The summed E-state index contributed by atoms with van der Waals surface area (Å²) in [4.78, 5) is 15.0. The Morgan fingerprint density at radius 1 is 1.18 bits per heavy atom. The maximum Gasteiger partial charge on any atom is 0.224 e. The van der Waals surface area contributed by atoms with Crippen molar-refractivity contribution in [1.82, 2.24) is 10.2 Å². The quantitative estimate of drug-likeness (QED) is 0.802. The van der Waals surface area contributed by atoms with Crippen molar-refractivity contribution in [3.63, 3.8) is 0 Å². The van der Waals surface area contributed by atoms with E-state index in [1.807, 2.05) is 24.3 Å². The zero-order valence-electron chi connectivity index (χ0n) is 16.4. The van der Waals surface area contributed by atoms with E-state index in [4.69, 9.17) is 9.47 Å². The van der Waals surface area contributed by atoms with Crippen LogP contribution in [0.1, 0.15) is 35.6 Å². The summed E-state index contributed by atoms with van der Waals surface area (Å²) in [6, 6.07) is 14.5. The van der Waals surface area contributed by atoms with Gasteiger partial charge in [-0.15, -0.1) is 0 Å². The maximum atomic E-state index is 12.6. The number of nitrogens with zero attached hydrogens (tertiary/aromatic N) is 1. The molecule has 1 amide bonds. The Balaban J connectivity index is 1.39. The Bertz CT molecular complexity index is 813. The summed E-state index contributed by atoms with van der Waals surface area (Å²) >= 11 is 0. The van der Waals surface area contributed by atoms with Crippen molar-refractivity contribution in [2.45, 2.75) is 31.7 Å². The molecule has 1 atom stereocenters. The van der Waals surface area contributed by atoms with Crippen LogP contribution in [0.15, 0.2) is 42.5 Å². The first-order chi connectivity index (χ1) is 13.7. The molecule has 1 N–H and O–H groups in total. The maximum absolute atomic E-state index is 12.6. The van der Waals surface area contributed by atoms with Crippen LogP contribution in [0.4, 0.5) is 0 Å². The highest BCUT2D eigenvalue weighted by molar-refractivity contribution is 5.78. The third-order valence-corrected chi connectivity index (χ3v) is 5.69. The summed E-state index contributed by atoms with van der Waals surface area (Å²) < 4.78 is 10.8. The lowest BCUT2D eigenvalue weighted by atomic mass is 10.0. The monoisotopic (exact) mass is 380 g/mol. The van der Waals surface area contributed by atoms with E-state index in [1.54, 1.807) is 7.11 Å². The summed E-state index contributed by atoms with van der Waals surface area (Å²) in [6.45, 7) is 3.53. The average molecular weight is 380 g/mol. The van der Waals surface area contributed by atoms with Crippen LogP contribution >= 0.6 is 0 Å². The van der Waals surface area contributed by atoms with Crippen LogP contribution in [0.3, 0.4) is 0 Å². The van der Waals surface area contributed by atoms with Gasteiger partial charge in [0.25, 0.3) is 0 Å². The number of hydrogen-bond donors (Lipinski definition) is 1. The van der Waals surface area contributed by atoms with Gasteiger partial charge in [-0.3, -0.25) is 9.69 Å². The lowest BCUT2D eigenvalue weighted by Gasteiger charge is -2.28. The number of ether oxygens (including phenoxy) is 2. The molecule has 5 heteroatoms. The average Bonchev–Trinajstić information content (AvgIpc) is 3.40. The molecule has 0 radical (unpaired) electrons. The molecule has 0 bridgehead atoms. The van der Waals surface area contributed by atoms with Crippen molar-refractivity contribution in [2.75, 3.05) is 33.4 Å². The van der Waals surface area contributed by atoms with Gasteiger partial charge in [-0.2, -0.15) is 0 Å². The van der Waals surface area contributed by atoms with E-state index in [-0.39, 0.29) is 11.9 Å². The Morgan fingerprint density at radius 2 is 1.96 bits per heavy atom. The number of fused-ring (bicyclic) bond motifs is 1. The molecule has 2 aromatic rings. The van der Waals surface area contributed by atoms with Crippen LogP contribution < -0.4 is 14.8 Å². The number of rotatable bonds is 7. The Kier molecular flexibility index (Phi) is 5.81. The van der Waals surface area contributed by atoms with Gasteiger partial charge in [0, 0.05) is 13.0 Å². The molecule has 28 heavy (non-hydrogen) atoms. The Hall–Kier alpha value is -2.53. The Labute approximate surface area is 166 Å². The van der Waals surface area contributed by atoms with Crippen molar-refractivity contribution >= 4 is 5.91 Å². The predicted molar refractivity (Wildman–Crippen MR) is 109 cm³/mol. The molecular weight excluding hydrogens is 352 g/mol. The molecule has 1 fully saturated rings. The molecule has 2 aliphatic rings. The molecule has 0 spiro atoms. The van der Waals surface area contributed by atoms with E-state index in [0.717, 1.165) is 43.2 Å². The second-order valence-electron chi connectivity index (χ2n) is 7.55. The fourth-order valence-corrected chi connectivity index (χ4v) is 4.15. The van der Waals surface area contributed by atoms with E-state index in [9.17, 15) is 4.79 Å². The molecular formula is C23H28N2O3. The van der Waals surface area contributed by atoms with Gasteiger partial charge >= 0.3 is 0 Å². The summed E-state index contributed by atoms with van der Waals surface area (Å²) in [7, 11) is 1.68. The van der Waals surface area contributed by atoms with Gasteiger partial charge < -0.3 is 14.8 Å².